The van der Waals surface area contributed by atoms with Crippen molar-refractivity contribution in [1.82, 2.24) is 9.73 Å². The summed E-state index contributed by atoms with van der Waals surface area (Å²) in [6.45, 7) is -0.219. The first-order valence-electron chi connectivity index (χ1n) is 8.31. The van der Waals surface area contributed by atoms with Crippen molar-refractivity contribution >= 4 is 27.8 Å². The van der Waals surface area contributed by atoms with E-state index in [1.165, 1.54) is 24.4 Å². The molecule has 0 aromatic heterocycles. The molecule has 0 fully saturated rings. The molecule has 0 aliphatic heterocycles. The number of nitro benzene ring substituents is 1. The zero-order valence-electron chi connectivity index (χ0n) is 15.2. The van der Waals surface area contributed by atoms with Crippen LogP contribution in [0, 0.1) is 10.1 Å². The van der Waals surface area contributed by atoms with Crippen molar-refractivity contribution in [2.75, 3.05) is 19.3 Å². The third kappa shape index (κ3) is 6.89. The van der Waals surface area contributed by atoms with Crippen LogP contribution in [0.15, 0.2) is 59.7 Å². The van der Waals surface area contributed by atoms with E-state index in [2.05, 4.69) is 10.5 Å². The molecule has 2 rings (SSSR count). The Morgan fingerprint density at radius 1 is 1.21 bits per heavy atom. The molecule has 0 heterocycles. The maximum Gasteiger partial charge on any atom is 0.270 e. The third-order valence-electron chi connectivity index (χ3n) is 3.77. The van der Waals surface area contributed by atoms with E-state index in [0.717, 1.165) is 16.1 Å². The summed E-state index contributed by atoms with van der Waals surface area (Å²) in [4.78, 5) is 22.2. The van der Waals surface area contributed by atoms with Gasteiger partial charge >= 0.3 is 0 Å². The normalized spacial score (nSPS) is 11.6. The van der Waals surface area contributed by atoms with E-state index in [-0.39, 0.29) is 18.8 Å². The molecule has 0 bridgehead atoms. The lowest BCUT2D eigenvalue weighted by molar-refractivity contribution is -0.384. The van der Waals surface area contributed by atoms with Gasteiger partial charge < -0.3 is 0 Å². The Labute approximate surface area is 162 Å². The summed E-state index contributed by atoms with van der Waals surface area (Å²) in [6, 6.07) is 15.1. The van der Waals surface area contributed by atoms with Gasteiger partial charge in [0.05, 0.1) is 23.9 Å². The summed E-state index contributed by atoms with van der Waals surface area (Å²) in [5.74, 6) is -0.611. The second-order valence-electron chi connectivity index (χ2n) is 5.98. The van der Waals surface area contributed by atoms with Gasteiger partial charge in [-0.05, 0) is 12.0 Å². The average molecular weight is 404 g/mol. The van der Waals surface area contributed by atoms with Crippen molar-refractivity contribution < 1.29 is 18.1 Å². The highest BCUT2D eigenvalue weighted by atomic mass is 32.2. The van der Waals surface area contributed by atoms with Gasteiger partial charge in [0.1, 0.15) is 0 Å². The number of nitro groups is 1. The lowest BCUT2D eigenvalue weighted by Crippen LogP contribution is -2.40. The number of nitrogens with one attached hydrogen (secondary N) is 1. The molecule has 0 saturated heterocycles. The van der Waals surface area contributed by atoms with Crippen molar-refractivity contribution in [3.8, 4) is 0 Å². The Morgan fingerprint density at radius 3 is 2.57 bits per heavy atom. The van der Waals surface area contributed by atoms with Gasteiger partial charge in [-0.25, -0.2) is 13.8 Å². The van der Waals surface area contributed by atoms with Crippen LogP contribution < -0.4 is 5.43 Å². The fourth-order valence-electron chi connectivity index (χ4n) is 2.35. The van der Waals surface area contributed by atoms with Gasteiger partial charge in [0.2, 0.25) is 10.0 Å². The maximum atomic E-state index is 12.0. The Kier molecular flexibility index (Phi) is 7.36. The molecule has 0 radical (unpaired) electrons. The Hall–Kier alpha value is -3.11. The van der Waals surface area contributed by atoms with Crippen LogP contribution in [0.1, 0.15) is 11.1 Å². The van der Waals surface area contributed by atoms with E-state index in [1.807, 2.05) is 30.3 Å². The van der Waals surface area contributed by atoms with Crippen LogP contribution in [0.4, 0.5) is 5.69 Å². The van der Waals surface area contributed by atoms with Crippen LogP contribution in [-0.2, 0) is 21.2 Å². The number of nitrogens with zero attached hydrogens (tertiary/aromatic N) is 3. The van der Waals surface area contributed by atoms with Crippen LogP contribution in [0.3, 0.4) is 0 Å². The van der Waals surface area contributed by atoms with Crippen molar-refractivity contribution in [3.63, 3.8) is 0 Å². The molecule has 2 aromatic carbocycles. The largest absolute Gasteiger partial charge is 0.272 e. The van der Waals surface area contributed by atoms with Crippen molar-refractivity contribution in [1.29, 1.82) is 0 Å². The van der Waals surface area contributed by atoms with Gasteiger partial charge in [0.15, 0.2) is 0 Å². The van der Waals surface area contributed by atoms with Gasteiger partial charge in [-0.1, -0.05) is 42.5 Å². The van der Waals surface area contributed by atoms with Crippen LogP contribution in [0.2, 0.25) is 0 Å². The Bertz CT molecular complexity index is 961. The number of amides is 1. The first-order chi connectivity index (χ1) is 13.3. The number of hydrazone groups is 1. The second-order valence-corrected chi connectivity index (χ2v) is 7.96. The van der Waals surface area contributed by atoms with E-state index >= 15 is 0 Å². The van der Waals surface area contributed by atoms with Gasteiger partial charge in [-0.2, -0.15) is 9.41 Å². The minimum absolute atomic E-state index is 0.0977. The molecule has 1 amide bonds. The molecular weight excluding hydrogens is 384 g/mol. The molecule has 0 aliphatic carbocycles. The zero-order chi connectivity index (χ0) is 20.6. The van der Waals surface area contributed by atoms with Gasteiger partial charge in [0, 0.05) is 24.2 Å². The third-order valence-corrected chi connectivity index (χ3v) is 5.02. The summed E-state index contributed by atoms with van der Waals surface area (Å²) >= 11 is 0. The molecule has 2 aromatic rings. The smallest absolute Gasteiger partial charge is 0.270 e. The first kappa shape index (κ1) is 21.2. The van der Waals surface area contributed by atoms with Crippen LogP contribution in [0.25, 0.3) is 0 Å². The summed E-state index contributed by atoms with van der Waals surface area (Å²) in [5, 5.41) is 14.5. The molecule has 0 atom stereocenters. The van der Waals surface area contributed by atoms with Gasteiger partial charge in [-0.15, -0.1) is 0 Å². The number of benzene rings is 2. The Balaban J connectivity index is 1.94. The second kappa shape index (κ2) is 9.72. The number of hydrogen-bond donors (Lipinski definition) is 1. The predicted octanol–water partition coefficient (Wildman–Crippen LogP) is 1.55. The quantitative estimate of drug-likeness (QED) is 0.386. The van der Waals surface area contributed by atoms with E-state index in [9.17, 15) is 23.3 Å². The van der Waals surface area contributed by atoms with Crippen LogP contribution in [-0.4, -0.2) is 49.1 Å². The first-order valence-corrected chi connectivity index (χ1v) is 10.2. The maximum absolute atomic E-state index is 12.0. The number of non-ortho nitro benzene ring substituents is 1. The van der Waals surface area contributed by atoms with E-state index in [1.54, 1.807) is 6.07 Å². The van der Waals surface area contributed by atoms with Crippen LogP contribution in [0.5, 0.6) is 0 Å². The molecule has 148 valence electrons. The molecule has 0 spiro atoms. The number of carbonyl (C=O) groups excluding carboxylic acids is 1. The minimum Gasteiger partial charge on any atom is -0.272 e. The molecule has 0 aliphatic rings. The number of sulfonamides is 1. The summed E-state index contributed by atoms with van der Waals surface area (Å²) in [6.07, 6.45) is 2.76. The van der Waals surface area contributed by atoms with Crippen molar-refractivity contribution in [3.05, 3.63) is 75.8 Å². The molecule has 28 heavy (non-hydrogen) atoms. The monoisotopic (exact) mass is 404 g/mol. The number of hydrogen-bond acceptors (Lipinski definition) is 6. The molecule has 0 saturated carbocycles. The molecule has 0 unspecified atom stereocenters. The van der Waals surface area contributed by atoms with Gasteiger partial charge in [0.25, 0.3) is 11.6 Å². The SMILES string of the molecule is CS(=O)(=O)N(CCc1ccccc1)CC(=O)N/N=C/c1cccc([N+](=O)[O-])c1. The molecule has 10 heteroatoms. The topological polar surface area (TPSA) is 122 Å². The van der Waals surface area contributed by atoms with Crippen LogP contribution >= 0.6 is 0 Å². The molecule has 1 N–H and O–H groups in total. The standard InChI is InChI=1S/C18H20N4O5S/c1-28(26,27)21(11-10-15-6-3-2-4-7-15)14-18(23)20-19-13-16-8-5-9-17(12-16)22(24)25/h2-9,12-13H,10-11,14H2,1H3,(H,20,23)/b19-13+. The van der Waals surface area contributed by atoms with E-state index in [0.29, 0.717) is 12.0 Å². The molecular formula is C18H20N4O5S. The van der Waals surface area contributed by atoms with Gasteiger partial charge in [-0.3, -0.25) is 14.9 Å². The molecule has 9 nitrogen and oxygen atoms in total. The summed E-state index contributed by atoms with van der Waals surface area (Å²) < 4.78 is 24.9. The predicted molar refractivity (Wildman–Crippen MR) is 105 cm³/mol. The van der Waals surface area contributed by atoms with E-state index in [4.69, 9.17) is 0 Å². The number of rotatable bonds is 9. The number of carbonyl (C=O) groups is 1. The summed E-state index contributed by atoms with van der Waals surface area (Å²) in [5.41, 5.74) is 3.53. The average Bonchev–Trinajstić information content (AvgIpc) is 2.65. The fraction of sp³-hybridized carbons (Fsp3) is 0.222. The highest BCUT2D eigenvalue weighted by Crippen LogP contribution is 2.11. The Morgan fingerprint density at radius 2 is 1.93 bits per heavy atom. The highest BCUT2D eigenvalue weighted by Gasteiger charge is 2.19. The lowest BCUT2D eigenvalue weighted by Gasteiger charge is -2.18. The highest BCUT2D eigenvalue weighted by molar-refractivity contribution is 7.88. The van der Waals surface area contributed by atoms with E-state index < -0.39 is 20.9 Å². The fourth-order valence-corrected chi connectivity index (χ4v) is 3.13. The minimum atomic E-state index is -3.58. The lowest BCUT2D eigenvalue weighted by atomic mass is 10.1. The van der Waals surface area contributed by atoms with Crippen molar-refractivity contribution in [2.24, 2.45) is 5.10 Å². The van der Waals surface area contributed by atoms with Crippen molar-refractivity contribution in [2.45, 2.75) is 6.42 Å². The summed E-state index contributed by atoms with van der Waals surface area (Å²) in [7, 11) is -3.58. The zero-order valence-corrected chi connectivity index (χ0v) is 16.0.